The molecule has 210 valence electrons. The number of likely N-dealkylation sites (N-methyl/N-ethyl adjacent to an activating group) is 1. The lowest BCUT2D eigenvalue weighted by molar-refractivity contribution is -0.134. The summed E-state index contributed by atoms with van der Waals surface area (Å²) in [5.74, 6) is -4.80. The molecule has 0 radical (unpaired) electrons. The van der Waals surface area contributed by atoms with E-state index in [1.165, 1.54) is 41.7 Å². The predicted molar refractivity (Wildman–Crippen MR) is 138 cm³/mol. The third-order valence-corrected chi connectivity index (χ3v) is 7.85. The van der Waals surface area contributed by atoms with Crippen LogP contribution < -0.4 is 10.2 Å². The Hall–Kier alpha value is -2.80. The largest absolute Gasteiger partial charge is 0.451 e. The molecule has 0 fully saturated rings. The minimum absolute atomic E-state index is 0.0706. The first-order chi connectivity index (χ1) is 17.9. The minimum Gasteiger partial charge on any atom is -0.451 e. The van der Waals surface area contributed by atoms with Gasteiger partial charge in [-0.05, 0) is 49.2 Å². The molecule has 0 aliphatic heterocycles. The number of sulfonamides is 1. The third kappa shape index (κ3) is 8.35. The van der Waals surface area contributed by atoms with Crippen LogP contribution in [0.15, 0.2) is 41.3 Å². The lowest BCUT2D eigenvalue weighted by Crippen LogP contribution is -2.45. The second-order valence-electron chi connectivity index (χ2n) is 8.68. The molecule has 0 heterocycles. The Balaban J connectivity index is 2.30. The second-order valence-corrected chi connectivity index (χ2v) is 11.1. The molecule has 0 unspecified atom stereocenters. The Morgan fingerprint density at radius 3 is 2.11 bits per heavy atom. The lowest BCUT2D eigenvalue weighted by Gasteiger charge is -2.27. The summed E-state index contributed by atoms with van der Waals surface area (Å²) < 4.78 is 62.0. The number of ether oxygens (including phenoxy) is 1. The molecule has 0 aliphatic carbocycles. The fourth-order valence-corrected chi connectivity index (χ4v) is 5.34. The summed E-state index contributed by atoms with van der Waals surface area (Å²) >= 11 is 5.79. The number of hydrogen-bond donors (Lipinski definition) is 2. The first kappa shape index (κ1) is 31.4. The monoisotopic (exact) mass is 575 g/mol. The van der Waals surface area contributed by atoms with Gasteiger partial charge in [-0.3, -0.25) is 14.8 Å². The molecule has 2 amide bonds. The van der Waals surface area contributed by atoms with Crippen molar-refractivity contribution >= 4 is 33.4 Å². The van der Waals surface area contributed by atoms with E-state index in [2.05, 4.69) is 0 Å². The fraction of sp³-hybridized carbons (Fsp3) is 0.440. The zero-order valence-corrected chi connectivity index (χ0v) is 23.0. The molecule has 38 heavy (non-hydrogen) atoms. The average molecular weight is 576 g/mol. The Kier molecular flexibility index (Phi) is 11.9. The highest BCUT2D eigenvalue weighted by Crippen LogP contribution is 2.31. The van der Waals surface area contributed by atoms with Crippen molar-refractivity contribution in [3.05, 3.63) is 53.1 Å². The van der Waals surface area contributed by atoms with Crippen molar-refractivity contribution in [1.29, 1.82) is 0 Å². The van der Waals surface area contributed by atoms with Crippen LogP contribution in [-0.4, -0.2) is 61.3 Å². The highest BCUT2D eigenvalue weighted by Gasteiger charge is 2.30. The number of hydroxylamine groups is 1. The summed E-state index contributed by atoms with van der Waals surface area (Å²) in [6.07, 6.45) is 2.95. The van der Waals surface area contributed by atoms with Crippen LogP contribution in [0.25, 0.3) is 0 Å². The number of nitrogens with zero attached hydrogens (tertiary/aromatic N) is 2. The van der Waals surface area contributed by atoms with E-state index in [-0.39, 0.29) is 30.7 Å². The van der Waals surface area contributed by atoms with E-state index < -0.39 is 44.8 Å². The van der Waals surface area contributed by atoms with Crippen LogP contribution in [0, 0.1) is 17.6 Å². The first-order valence-electron chi connectivity index (χ1n) is 12.0. The maximum absolute atomic E-state index is 14.8. The highest BCUT2D eigenvalue weighted by atomic mass is 35.5. The molecular weight excluding hydrogens is 544 g/mol. The van der Waals surface area contributed by atoms with E-state index in [4.69, 9.17) is 21.5 Å². The van der Waals surface area contributed by atoms with Gasteiger partial charge in [-0.1, -0.05) is 38.3 Å². The Bertz CT molecular complexity index is 1190. The Labute approximate surface area is 226 Å². The van der Waals surface area contributed by atoms with Crippen molar-refractivity contribution in [3.63, 3.8) is 0 Å². The first-order valence-corrected chi connectivity index (χ1v) is 13.9. The van der Waals surface area contributed by atoms with Gasteiger partial charge in [0.05, 0.1) is 11.4 Å². The van der Waals surface area contributed by atoms with Gasteiger partial charge in [-0.15, -0.1) is 0 Å². The zero-order valence-electron chi connectivity index (χ0n) is 21.4. The summed E-state index contributed by atoms with van der Waals surface area (Å²) in [5, 5.41) is 9.31. The molecule has 13 heteroatoms. The maximum atomic E-state index is 14.8. The molecule has 0 bridgehead atoms. The van der Waals surface area contributed by atoms with Crippen LogP contribution >= 0.6 is 11.6 Å². The molecule has 0 aliphatic rings. The van der Waals surface area contributed by atoms with Crippen molar-refractivity contribution < 1.29 is 36.7 Å². The lowest BCUT2D eigenvalue weighted by atomic mass is 9.97. The summed E-state index contributed by atoms with van der Waals surface area (Å²) in [6, 6.07) is 6.80. The number of hydrogen-bond acceptors (Lipinski definition) is 6. The van der Waals surface area contributed by atoms with Crippen molar-refractivity contribution in [2.24, 2.45) is 5.92 Å². The molecule has 0 atom stereocenters. The molecule has 0 spiro atoms. The molecule has 9 nitrogen and oxygen atoms in total. The summed E-state index contributed by atoms with van der Waals surface area (Å²) in [4.78, 5) is 25.3. The number of nitrogens with one attached hydrogen (secondary N) is 1. The smallest absolute Gasteiger partial charge is 0.258 e. The van der Waals surface area contributed by atoms with Crippen LogP contribution in [-0.2, 0) is 19.6 Å². The summed E-state index contributed by atoms with van der Waals surface area (Å²) in [5.41, 5.74) is 1.34. The van der Waals surface area contributed by atoms with E-state index in [0.717, 1.165) is 12.8 Å². The van der Waals surface area contributed by atoms with Gasteiger partial charge < -0.3 is 9.64 Å². The molecule has 2 aromatic carbocycles. The highest BCUT2D eigenvalue weighted by molar-refractivity contribution is 7.89. The van der Waals surface area contributed by atoms with E-state index in [9.17, 15) is 26.8 Å². The van der Waals surface area contributed by atoms with Gasteiger partial charge in [0.15, 0.2) is 17.4 Å². The number of benzene rings is 2. The number of halogens is 3. The van der Waals surface area contributed by atoms with Crippen LogP contribution in [0.4, 0.5) is 8.78 Å². The third-order valence-electron chi connectivity index (χ3n) is 5.77. The number of amides is 2. The number of rotatable bonds is 14. The van der Waals surface area contributed by atoms with Crippen molar-refractivity contribution in [2.45, 2.75) is 44.4 Å². The van der Waals surface area contributed by atoms with E-state index in [1.807, 2.05) is 13.8 Å². The van der Waals surface area contributed by atoms with Crippen LogP contribution in [0.2, 0.25) is 5.02 Å². The minimum atomic E-state index is -4.64. The standard InChI is InChI=1S/C25H32ClF2N3O6S/c1-4-6-17(7-5-2)25(33)30(3)12-13-31(16-23(32)29-34)38(35,36)20-14-21(27)24(22(28)15-20)37-19-10-8-18(26)9-11-19/h8-11,14-15,17,34H,4-7,12-13,16H2,1-3H3,(H,29,32). The topological polar surface area (TPSA) is 116 Å². The van der Waals surface area contributed by atoms with E-state index >= 15 is 0 Å². The fourth-order valence-electron chi connectivity index (χ4n) is 3.80. The van der Waals surface area contributed by atoms with Gasteiger partial charge in [-0.25, -0.2) is 22.7 Å². The van der Waals surface area contributed by atoms with Crippen LogP contribution in [0.5, 0.6) is 11.5 Å². The second kappa shape index (κ2) is 14.4. The van der Waals surface area contributed by atoms with Gasteiger partial charge in [0.2, 0.25) is 15.9 Å². The van der Waals surface area contributed by atoms with E-state index in [1.54, 1.807) is 0 Å². The SMILES string of the molecule is CCCC(CCC)C(=O)N(C)CCN(CC(=O)NO)S(=O)(=O)c1cc(F)c(Oc2ccc(Cl)cc2)c(F)c1. The van der Waals surface area contributed by atoms with Crippen molar-refractivity contribution in [1.82, 2.24) is 14.7 Å². The molecule has 0 saturated carbocycles. The van der Waals surface area contributed by atoms with Crippen LogP contribution in [0.1, 0.15) is 39.5 Å². The van der Waals surface area contributed by atoms with Crippen molar-refractivity contribution in [3.8, 4) is 11.5 Å². The molecule has 2 N–H and O–H groups in total. The Morgan fingerprint density at radius 2 is 1.61 bits per heavy atom. The predicted octanol–water partition coefficient (Wildman–Crippen LogP) is 4.58. The molecule has 2 aromatic rings. The molecular formula is C25H32ClF2N3O6S. The molecule has 0 saturated heterocycles. The molecule has 0 aromatic heterocycles. The normalized spacial score (nSPS) is 11.6. The average Bonchev–Trinajstić information content (AvgIpc) is 2.88. The zero-order chi connectivity index (χ0) is 28.5. The Morgan fingerprint density at radius 1 is 1.05 bits per heavy atom. The van der Waals surface area contributed by atoms with Crippen LogP contribution in [0.3, 0.4) is 0 Å². The van der Waals surface area contributed by atoms with E-state index in [0.29, 0.717) is 34.3 Å². The van der Waals surface area contributed by atoms with Gasteiger partial charge >= 0.3 is 0 Å². The summed E-state index contributed by atoms with van der Waals surface area (Å²) in [7, 11) is -3.12. The molecule has 2 rings (SSSR count). The number of carbonyl (C=O) groups is 2. The van der Waals surface area contributed by atoms with Gasteiger partial charge in [0.1, 0.15) is 5.75 Å². The van der Waals surface area contributed by atoms with Crippen molar-refractivity contribution in [2.75, 3.05) is 26.7 Å². The van der Waals surface area contributed by atoms with Gasteiger partial charge in [0, 0.05) is 31.1 Å². The van der Waals surface area contributed by atoms with Gasteiger partial charge in [0.25, 0.3) is 5.91 Å². The quantitative estimate of drug-likeness (QED) is 0.252. The number of carbonyl (C=O) groups excluding carboxylic acids is 2. The maximum Gasteiger partial charge on any atom is 0.258 e. The summed E-state index contributed by atoms with van der Waals surface area (Å²) in [6.45, 7) is 2.61. The van der Waals surface area contributed by atoms with Gasteiger partial charge in [-0.2, -0.15) is 4.31 Å².